The molecule has 2 aliphatic heterocycles. The lowest BCUT2D eigenvalue weighted by Crippen LogP contribution is -2.55. The minimum Gasteiger partial charge on any atom is -0.357 e. The van der Waals surface area contributed by atoms with E-state index in [1.807, 2.05) is 6.92 Å². The van der Waals surface area contributed by atoms with E-state index in [1.165, 1.54) is 0 Å². The molecule has 1 aromatic heterocycles. The van der Waals surface area contributed by atoms with Crippen LogP contribution >= 0.6 is 24.0 Å². The van der Waals surface area contributed by atoms with E-state index in [9.17, 15) is 9.59 Å². The van der Waals surface area contributed by atoms with Gasteiger partial charge in [-0.2, -0.15) is 4.98 Å². The van der Waals surface area contributed by atoms with Gasteiger partial charge in [0.1, 0.15) is 5.54 Å². The number of imide groups is 1. The maximum atomic E-state index is 12.1. The van der Waals surface area contributed by atoms with Crippen molar-refractivity contribution in [2.24, 2.45) is 10.9 Å². The zero-order valence-corrected chi connectivity index (χ0v) is 18.8. The molecule has 10 nitrogen and oxygen atoms in total. The molecule has 0 aliphatic carbocycles. The number of halogens is 1. The van der Waals surface area contributed by atoms with Gasteiger partial charge in [0.15, 0.2) is 11.8 Å². The van der Waals surface area contributed by atoms with E-state index in [2.05, 4.69) is 36.0 Å². The molecule has 3 rings (SSSR count). The summed E-state index contributed by atoms with van der Waals surface area (Å²) in [6, 6.07) is -0.406. The normalized spacial score (nSPS) is 23.2. The number of rotatable bonds is 5. The first-order valence-electron chi connectivity index (χ1n) is 9.38. The summed E-state index contributed by atoms with van der Waals surface area (Å²) in [5, 5.41) is 12.2. The van der Waals surface area contributed by atoms with E-state index >= 15 is 0 Å². The summed E-state index contributed by atoms with van der Waals surface area (Å²) >= 11 is 0. The van der Waals surface area contributed by atoms with E-state index in [0.29, 0.717) is 24.7 Å². The van der Waals surface area contributed by atoms with Gasteiger partial charge in [-0.25, -0.2) is 4.79 Å². The van der Waals surface area contributed by atoms with Crippen molar-refractivity contribution < 1.29 is 14.1 Å². The molecule has 1 unspecified atom stereocenters. The highest BCUT2D eigenvalue weighted by atomic mass is 127. The molecule has 0 spiro atoms. The molecule has 3 heterocycles. The lowest BCUT2D eigenvalue weighted by atomic mass is 9.79. The van der Waals surface area contributed by atoms with Crippen molar-refractivity contribution in [3.05, 3.63) is 11.7 Å². The van der Waals surface area contributed by atoms with E-state index < -0.39 is 11.6 Å². The fourth-order valence-corrected chi connectivity index (χ4v) is 3.64. The molecule has 2 fully saturated rings. The third-order valence-corrected chi connectivity index (χ3v) is 5.17. The monoisotopic (exact) mass is 505 g/mol. The molecule has 156 valence electrons. The second-order valence-corrected chi connectivity index (χ2v) is 7.09. The van der Waals surface area contributed by atoms with Crippen LogP contribution in [0.1, 0.15) is 38.4 Å². The van der Waals surface area contributed by atoms with Gasteiger partial charge in [-0.1, -0.05) is 5.16 Å². The van der Waals surface area contributed by atoms with Crippen molar-refractivity contribution in [3.63, 3.8) is 0 Å². The van der Waals surface area contributed by atoms with Gasteiger partial charge in [-0.15, -0.1) is 24.0 Å². The number of amides is 3. The third-order valence-electron chi connectivity index (χ3n) is 5.17. The van der Waals surface area contributed by atoms with Gasteiger partial charge >= 0.3 is 6.03 Å². The van der Waals surface area contributed by atoms with Crippen LogP contribution in [0.25, 0.3) is 0 Å². The standard InChI is InChI=1S/C17H27N7O3.HI/c1-4-18-15(19-8-5-13-20-11(2)23-27-13)24-9-6-12(7-10-24)17(3)14(25)21-16(26)22-17;/h12H,4-10H2,1-3H3,(H,18,19)(H2,21,22,25,26);1H. The molecule has 11 heteroatoms. The molecular formula is C17H28IN7O3. The van der Waals surface area contributed by atoms with Crippen LogP contribution in [0.4, 0.5) is 4.79 Å². The van der Waals surface area contributed by atoms with Crippen molar-refractivity contribution in [2.75, 3.05) is 26.2 Å². The van der Waals surface area contributed by atoms with Crippen LogP contribution in [0.5, 0.6) is 0 Å². The number of guanidine groups is 1. The molecule has 2 aliphatic rings. The zero-order chi connectivity index (χ0) is 19.4. The lowest BCUT2D eigenvalue weighted by molar-refractivity contribution is -0.125. The maximum Gasteiger partial charge on any atom is 0.322 e. The number of urea groups is 1. The summed E-state index contributed by atoms with van der Waals surface area (Å²) in [5.41, 5.74) is -0.825. The summed E-state index contributed by atoms with van der Waals surface area (Å²) in [7, 11) is 0. The van der Waals surface area contributed by atoms with Gasteiger partial charge in [0.05, 0.1) is 6.54 Å². The molecule has 1 atom stereocenters. The first-order chi connectivity index (χ1) is 12.9. The van der Waals surface area contributed by atoms with Gasteiger partial charge in [0.2, 0.25) is 5.89 Å². The predicted molar refractivity (Wildman–Crippen MR) is 114 cm³/mol. The average Bonchev–Trinajstić information content (AvgIpc) is 3.17. The number of aromatic nitrogens is 2. The van der Waals surface area contributed by atoms with Crippen LogP contribution in [-0.2, 0) is 11.2 Å². The number of carbonyl (C=O) groups is 2. The Morgan fingerprint density at radius 2 is 2.11 bits per heavy atom. The van der Waals surface area contributed by atoms with Crippen LogP contribution in [0.2, 0.25) is 0 Å². The van der Waals surface area contributed by atoms with Crippen molar-refractivity contribution in [2.45, 2.75) is 45.6 Å². The van der Waals surface area contributed by atoms with Gasteiger partial charge < -0.3 is 20.1 Å². The Hall–Kier alpha value is -1.92. The lowest BCUT2D eigenvalue weighted by Gasteiger charge is -2.39. The number of carbonyl (C=O) groups excluding carboxylic acids is 2. The quantitative estimate of drug-likeness (QED) is 0.234. The molecular weight excluding hydrogens is 477 g/mol. The first kappa shape index (κ1) is 22.4. The summed E-state index contributed by atoms with van der Waals surface area (Å²) in [6.45, 7) is 8.50. The highest BCUT2D eigenvalue weighted by molar-refractivity contribution is 14.0. The van der Waals surface area contributed by atoms with Crippen LogP contribution < -0.4 is 16.0 Å². The van der Waals surface area contributed by atoms with Gasteiger partial charge in [0, 0.05) is 26.1 Å². The van der Waals surface area contributed by atoms with Gasteiger partial charge in [-0.3, -0.25) is 15.1 Å². The first-order valence-corrected chi connectivity index (χ1v) is 9.38. The van der Waals surface area contributed by atoms with E-state index in [4.69, 9.17) is 4.52 Å². The number of likely N-dealkylation sites (tertiary alicyclic amines) is 1. The van der Waals surface area contributed by atoms with Crippen LogP contribution in [0.15, 0.2) is 9.52 Å². The van der Waals surface area contributed by atoms with Gasteiger partial charge in [0.25, 0.3) is 5.91 Å². The molecule has 0 bridgehead atoms. The van der Waals surface area contributed by atoms with Crippen molar-refractivity contribution in [1.82, 2.24) is 31.0 Å². The number of nitrogens with one attached hydrogen (secondary N) is 3. The largest absolute Gasteiger partial charge is 0.357 e. The smallest absolute Gasteiger partial charge is 0.322 e. The SMILES string of the molecule is CCNC(=NCCc1nc(C)no1)N1CCC(C2(C)NC(=O)NC2=O)CC1.I. The van der Waals surface area contributed by atoms with Crippen LogP contribution in [0.3, 0.4) is 0 Å². The summed E-state index contributed by atoms with van der Waals surface area (Å²) in [4.78, 5) is 34.7. The Labute approximate surface area is 181 Å². The van der Waals surface area contributed by atoms with Gasteiger partial charge in [-0.05, 0) is 39.5 Å². The molecule has 3 amide bonds. The summed E-state index contributed by atoms with van der Waals surface area (Å²) < 4.78 is 5.12. The number of aryl methyl sites for hydroxylation is 1. The Balaban J connectivity index is 0.00000280. The number of nitrogens with zero attached hydrogens (tertiary/aromatic N) is 4. The fraction of sp³-hybridized carbons (Fsp3) is 0.706. The number of piperidine rings is 1. The number of hydrogen-bond donors (Lipinski definition) is 3. The number of hydrogen-bond acceptors (Lipinski definition) is 6. The minimum atomic E-state index is -0.825. The van der Waals surface area contributed by atoms with Crippen molar-refractivity contribution in [3.8, 4) is 0 Å². The maximum absolute atomic E-state index is 12.1. The Bertz CT molecular complexity index is 730. The zero-order valence-electron chi connectivity index (χ0n) is 16.4. The minimum absolute atomic E-state index is 0. The van der Waals surface area contributed by atoms with E-state index in [-0.39, 0.29) is 35.8 Å². The molecule has 0 saturated carbocycles. The van der Waals surface area contributed by atoms with Crippen LogP contribution in [0, 0.1) is 12.8 Å². The second-order valence-electron chi connectivity index (χ2n) is 7.09. The topological polar surface area (TPSA) is 125 Å². The molecule has 2 saturated heterocycles. The van der Waals surface area contributed by atoms with E-state index in [1.54, 1.807) is 13.8 Å². The second kappa shape index (κ2) is 9.52. The van der Waals surface area contributed by atoms with Crippen molar-refractivity contribution in [1.29, 1.82) is 0 Å². The molecule has 28 heavy (non-hydrogen) atoms. The number of aliphatic imine (C=N–C) groups is 1. The highest BCUT2D eigenvalue weighted by Crippen LogP contribution is 2.30. The summed E-state index contributed by atoms with van der Waals surface area (Å²) in [5.74, 6) is 1.92. The fourth-order valence-electron chi connectivity index (χ4n) is 3.64. The third kappa shape index (κ3) is 4.92. The molecule has 3 N–H and O–H groups in total. The molecule has 0 radical (unpaired) electrons. The summed E-state index contributed by atoms with van der Waals surface area (Å²) in [6.07, 6.45) is 2.20. The Kier molecular flexibility index (Phi) is 7.61. The average molecular weight is 505 g/mol. The molecule has 0 aromatic carbocycles. The highest BCUT2D eigenvalue weighted by Gasteiger charge is 2.48. The van der Waals surface area contributed by atoms with Crippen LogP contribution in [-0.4, -0.2) is 64.7 Å². The van der Waals surface area contributed by atoms with E-state index in [0.717, 1.165) is 38.4 Å². The molecule has 1 aromatic rings. The Morgan fingerprint density at radius 3 is 2.64 bits per heavy atom. The predicted octanol–water partition coefficient (Wildman–Crippen LogP) is 0.814. The van der Waals surface area contributed by atoms with Crippen molar-refractivity contribution >= 4 is 41.9 Å². The Morgan fingerprint density at radius 1 is 1.39 bits per heavy atom.